The van der Waals surface area contributed by atoms with E-state index in [-0.39, 0.29) is 18.2 Å². The van der Waals surface area contributed by atoms with Crippen LogP contribution in [-0.4, -0.2) is 41.8 Å². The number of piperidine rings is 1. The van der Waals surface area contributed by atoms with Gasteiger partial charge in [-0.1, -0.05) is 18.2 Å². The number of hydrogen-bond donors (Lipinski definition) is 2. The summed E-state index contributed by atoms with van der Waals surface area (Å²) in [6.45, 7) is 2.79. The number of fused-ring (bicyclic) bond motifs is 2. The number of carbonyl (C=O) groups excluding carboxylic acids is 3. The largest absolute Gasteiger partial charge is 0.490 e. The monoisotopic (exact) mass is 420 g/mol. The summed E-state index contributed by atoms with van der Waals surface area (Å²) in [5, 5.41) is 2.35. The van der Waals surface area contributed by atoms with Gasteiger partial charge in [0.2, 0.25) is 11.8 Å². The minimum atomic E-state index is -0.607. The Kier molecular flexibility index (Phi) is 4.86. The second-order valence-electron chi connectivity index (χ2n) is 8.12. The summed E-state index contributed by atoms with van der Waals surface area (Å²) >= 11 is 0. The van der Waals surface area contributed by atoms with Crippen LogP contribution in [0.25, 0.3) is 0 Å². The van der Waals surface area contributed by atoms with Crippen LogP contribution in [0.3, 0.4) is 0 Å². The molecule has 0 saturated carbocycles. The molecule has 0 aliphatic carbocycles. The van der Waals surface area contributed by atoms with Crippen molar-refractivity contribution >= 4 is 23.4 Å². The quantitative estimate of drug-likeness (QED) is 0.723. The van der Waals surface area contributed by atoms with E-state index in [9.17, 15) is 14.4 Å². The van der Waals surface area contributed by atoms with Crippen LogP contribution >= 0.6 is 0 Å². The average molecular weight is 420 g/mol. The predicted octanol–water partition coefficient (Wildman–Crippen LogP) is 1.31. The molecule has 3 heterocycles. The third kappa shape index (κ3) is 3.42. The molecular formula is C23H24N4O4. The summed E-state index contributed by atoms with van der Waals surface area (Å²) in [6.07, 6.45) is 0.610. The Morgan fingerprint density at radius 1 is 1.16 bits per heavy atom. The molecule has 160 valence electrons. The van der Waals surface area contributed by atoms with Gasteiger partial charge in [0.05, 0.1) is 12.2 Å². The molecule has 1 saturated heterocycles. The van der Waals surface area contributed by atoms with Crippen molar-refractivity contribution in [3.05, 3.63) is 58.7 Å². The Balaban J connectivity index is 1.41. The molecule has 31 heavy (non-hydrogen) atoms. The number of rotatable bonds is 4. The lowest BCUT2D eigenvalue weighted by Gasteiger charge is -2.32. The second-order valence-corrected chi connectivity index (χ2v) is 8.12. The van der Waals surface area contributed by atoms with Gasteiger partial charge in [-0.3, -0.25) is 19.7 Å². The lowest BCUT2D eigenvalue weighted by atomic mass is 10.0. The number of imide groups is 1. The molecule has 1 unspecified atom stereocenters. The van der Waals surface area contributed by atoms with Gasteiger partial charge in [-0.2, -0.15) is 0 Å². The maximum atomic E-state index is 13.1. The first-order chi connectivity index (χ1) is 15.0. The molecule has 3 aliphatic rings. The van der Waals surface area contributed by atoms with Crippen molar-refractivity contribution in [3.63, 3.8) is 0 Å². The van der Waals surface area contributed by atoms with E-state index in [1.165, 1.54) is 0 Å². The Bertz CT molecular complexity index is 1080. The molecule has 0 spiro atoms. The number of nitrogens with zero attached hydrogens (tertiary/aromatic N) is 2. The van der Waals surface area contributed by atoms with E-state index in [4.69, 9.17) is 10.5 Å². The molecule has 3 amide bonds. The smallest absolute Gasteiger partial charge is 0.255 e. The highest BCUT2D eigenvalue weighted by Gasteiger charge is 2.39. The van der Waals surface area contributed by atoms with Crippen LogP contribution in [-0.2, 0) is 29.2 Å². The number of ether oxygens (including phenoxy) is 1. The molecule has 1 atom stereocenters. The van der Waals surface area contributed by atoms with Gasteiger partial charge in [0.15, 0.2) is 0 Å². The Morgan fingerprint density at radius 2 is 2.03 bits per heavy atom. The molecule has 2 aromatic carbocycles. The van der Waals surface area contributed by atoms with Gasteiger partial charge < -0.3 is 20.3 Å². The zero-order valence-corrected chi connectivity index (χ0v) is 17.1. The zero-order chi connectivity index (χ0) is 21.5. The van der Waals surface area contributed by atoms with Gasteiger partial charge in [0.25, 0.3) is 5.91 Å². The highest BCUT2D eigenvalue weighted by Crippen LogP contribution is 2.35. The molecule has 0 aromatic heterocycles. The van der Waals surface area contributed by atoms with Crippen molar-refractivity contribution in [2.24, 2.45) is 5.73 Å². The Hall–Kier alpha value is -3.39. The first-order valence-electron chi connectivity index (χ1n) is 10.5. The first kappa shape index (κ1) is 19.6. The van der Waals surface area contributed by atoms with E-state index in [1.807, 2.05) is 36.4 Å². The van der Waals surface area contributed by atoms with Crippen LogP contribution in [0.15, 0.2) is 36.4 Å². The van der Waals surface area contributed by atoms with Gasteiger partial charge in [0.1, 0.15) is 18.4 Å². The van der Waals surface area contributed by atoms with Gasteiger partial charge in [0, 0.05) is 31.6 Å². The second kappa shape index (κ2) is 7.70. The number of anilines is 1. The average Bonchev–Trinajstić information content (AvgIpc) is 3.11. The highest BCUT2D eigenvalue weighted by atomic mass is 16.5. The fourth-order valence-electron chi connectivity index (χ4n) is 4.62. The molecule has 8 nitrogen and oxygen atoms in total. The fraction of sp³-hybridized carbons (Fsp3) is 0.348. The standard InChI is InChI=1S/C23H24N4O4/c24-11-14-4-5-18-20(10-14)31-9-8-26(18)12-15-2-1-3-16-17(15)13-27(23(16)30)19-6-7-21(28)25-22(19)29/h1-5,10,19H,6-9,11-13,24H2,(H,25,28,29). The summed E-state index contributed by atoms with van der Waals surface area (Å²) in [5.41, 5.74) is 10.4. The van der Waals surface area contributed by atoms with Gasteiger partial charge in [-0.15, -0.1) is 0 Å². The maximum Gasteiger partial charge on any atom is 0.255 e. The number of amides is 3. The molecular weight excluding hydrogens is 396 g/mol. The minimum absolute atomic E-state index is 0.152. The maximum absolute atomic E-state index is 13.1. The lowest BCUT2D eigenvalue weighted by Crippen LogP contribution is -2.52. The first-order valence-corrected chi connectivity index (χ1v) is 10.5. The SMILES string of the molecule is NCc1ccc2c(c1)OCCN2Cc1cccc2c1CN(C1CCC(=O)NC1=O)C2=O. The minimum Gasteiger partial charge on any atom is -0.490 e. The van der Waals surface area contributed by atoms with Crippen molar-refractivity contribution in [3.8, 4) is 5.75 Å². The van der Waals surface area contributed by atoms with E-state index >= 15 is 0 Å². The highest BCUT2D eigenvalue weighted by molar-refractivity contribution is 6.05. The molecule has 5 rings (SSSR count). The number of benzene rings is 2. The van der Waals surface area contributed by atoms with E-state index in [2.05, 4.69) is 10.2 Å². The van der Waals surface area contributed by atoms with Crippen LogP contribution in [0.5, 0.6) is 5.75 Å². The Morgan fingerprint density at radius 3 is 2.84 bits per heavy atom. The van der Waals surface area contributed by atoms with Crippen molar-refractivity contribution in [1.82, 2.24) is 10.2 Å². The predicted molar refractivity (Wildman–Crippen MR) is 113 cm³/mol. The van der Waals surface area contributed by atoms with E-state index < -0.39 is 11.9 Å². The topological polar surface area (TPSA) is 105 Å². The normalized spacial score (nSPS) is 20.3. The van der Waals surface area contributed by atoms with Crippen LogP contribution in [0, 0.1) is 0 Å². The summed E-state index contributed by atoms with van der Waals surface area (Å²) in [7, 11) is 0. The molecule has 3 N–H and O–H groups in total. The van der Waals surface area contributed by atoms with Crippen molar-refractivity contribution in [2.45, 2.75) is 38.5 Å². The van der Waals surface area contributed by atoms with Crippen molar-refractivity contribution in [1.29, 1.82) is 0 Å². The van der Waals surface area contributed by atoms with Gasteiger partial charge >= 0.3 is 0 Å². The van der Waals surface area contributed by atoms with Crippen molar-refractivity contribution in [2.75, 3.05) is 18.1 Å². The lowest BCUT2D eigenvalue weighted by molar-refractivity contribution is -0.136. The van der Waals surface area contributed by atoms with E-state index in [0.29, 0.717) is 38.2 Å². The molecule has 2 aromatic rings. The Labute approximate surface area is 179 Å². The molecule has 1 fully saturated rings. The van der Waals surface area contributed by atoms with Crippen LogP contribution in [0.1, 0.15) is 39.9 Å². The third-order valence-corrected chi connectivity index (χ3v) is 6.26. The molecule has 0 bridgehead atoms. The van der Waals surface area contributed by atoms with Crippen LogP contribution < -0.4 is 20.7 Å². The van der Waals surface area contributed by atoms with E-state index in [0.717, 1.165) is 34.7 Å². The molecule has 3 aliphatic heterocycles. The third-order valence-electron chi connectivity index (χ3n) is 6.26. The summed E-state index contributed by atoms with van der Waals surface area (Å²) in [5.74, 6) is -0.00372. The fourth-order valence-corrected chi connectivity index (χ4v) is 4.62. The van der Waals surface area contributed by atoms with Gasteiger partial charge in [-0.25, -0.2) is 0 Å². The molecule has 8 heteroatoms. The van der Waals surface area contributed by atoms with E-state index in [1.54, 1.807) is 4.90 Å². The molecule has 0 radical (unpaired) electrons. The number of nitrogens with two attached hydrogens (primary N) is 1. The summed E-state index contributed by atoms with van der Waals surface area (Å²) in [6, 6.07) is 11.1. The van der Waals surface area contributed by atoms with Crippen molar-refractivity contribution < 1.29 is 19.1 Å². The number of nitrogens with one attached hydrogen (secondary N) is 1. The number of hydrogen-bond acceptors (Lipinski definition) is 6. The number of carbonyl (C=O) groups is 3. The van der Waals surface area contributed by atoms with Crippen LogP contribution in [0.4, 0.5) is 5.69 Å². The summed E-state index contributed by atoms with van der Waals surface area (Å²) in [4.78, 5) is 40.7. The summed E-state index contributed by atoms with van der Waals surface area (Å²) < 4.78 is 5.83. The van der Waals surface area contributed by atoms with Crippen LogP contribution in [0.2, 0.25) is 0 Å². The zero-order valence-electron chi connectivity index (χ0n) is 17.1. The van der Waals surface area contributed by atoms with Gasteiger partial charge in [-0.05, 0) is 41.3 Å².